The van der Waals surface area contributed by atoms with Gasteiger partial charge < -0.3 is 10.2 Å². The number of benzene rings is 1. The van der Waals surface area contributed by atoms with Gasteiger partial charge >= 0.3 is 6.18 Å². The van der Waals surface area contributed by atoms with Crippen molar-refractivity contribution in [1.82, 2.24) is 14.9 Å². The Morgan fingerprint density at radius 2 is 2.00 bits per heavy atom. The minimum absolute atomic E-state index is 0.0743. The Labute approximate surface area is 210 Å². The molecule has 0 bridgehead atoms. The Balaban J connectivity index is 1.22. The second-order valence-corrected chi connectivity index (χ2v) is 10.7. The monoisotopic (exact) mass is 523 g/mol. The Bertz CT molecular complexity index is 1260. The van der Waals surface area contributed by atoms with Gasteiger partial charge in [0, 0.05) is 36.7 Å². The van der Waals surface area contributed by atoms with Crippen molar-refractivity contribution in [2.24, 2.45) is 5.92 Å². The zero-order chi connectivity index (χ0) is 24.7. The summed E-state index contributed by atoms with van der Waals surface area (Å²) in [5.74, 6) is 1.29. The molecule has 2 aliphatic rings. The first-order chi connectivity index (χ1) is 16.7. The van der Waals surface area contributed by atoms with Crippen molar-refractivity contribution in [1.29, 1.82) is 0 Å². The molecule has 0 unspecified atom stereocenters. The van der Waals surface area contributed by atoms with E-state index in [2.05, 4.69) is 27.1 Å². The number of carbonyl (C=O) groups excluding carboxylic acids is 1. The van der Waals surface area contributed by atoms with E-state index in [1.165, 1.54) is 28.3 Å². The van der Waals surface area contributed by atoms with Gasteiger partial charge in [0.1, 0.15) is 17.0 Å². The fourth-order valence-electron chi connectivity index (χ4n) is 4.84. The number of alkyl halides is 3. The van der Waals surface area contributed by atoms with Gasteiger partial charge in [0.05, 0.1) is 22.5 Å². The molecule has 1 saturated heterocycles. The van der Waals surface area contributed by atoms with E-state index in [4.69, 9.17) is 11.6 Å². The average Bonchev–Trinajstić information content (AvgIpc) is 3.17. The molecule has 6 nitrogen and oxygen atoms in total. The van der Waals surface area contributed by atoms with Crippen molar-refractivity contribution >= 4 is 50.6 Å². The standard InChI is InChI=1S/C24H25ClF3N5OS/c1-14-2-4-16-19(10-14)35-23-21(16)22(29-13-30-23)33-8-6-32(7-9-33)12-20(34)31-15-3-5-18(25)17(11-15)24(26,27)28/h3,5,11,13-14H,2,4,6-10,12H2,1H3,(H,31,34)/t14-/m1/s1. The van der Waals surface area contributed by atoms with Gasteiger partial charge in [0.25, 0.3) is 0 Å². The van der Waals surface area contributed by atoms with Crippen LogP contribution in [0.4, 0.5) is 24.7 Å². The minimum Gasteiger partial charge on any atom is -0.353 e. The van der Waals surface area contributed by atoms with E-state index < -0.39 is 16.8 Å². The number of thiophene rings is 1. The number of aromatic nitrogens is 2. The highest BCUT2D eigenvalue weighted by Gasteiger charge is 2.33. The molecule has 11 heteroatoms. The zero-order valence-corrected chi connectivity index (χ0v) is 20.7. The molecule has 186 valence electrons. The molecule has 1 amide bonds. The van der Waals surface area contributed by atoms with Crippen LogP contribution >= 0.6 is 22.9 Å². The number of fused-ring (bicyclic) bond motifs is 3. The van der Waals surface area contributed by atoms with Crippen LogP contribution in [0.15, 0.2) is 24.5 Å². The van der Waals surface area contributed by atoms with Crippen molar-refractivity contribution in [3.8, 4) is 0 Å². The number of nitrogens with zero attached hydrogens (tertiary/aromatic N) is 4. The lowest BCUT2D eigenvalue weighted by Crippen LogP contribution is -2.49. The summed E-state index contributed by atoms with van der Waals surface area (Å²) in [6.07, 6.45) is 0.368. The van der Waals surface area contributed by atoms with E-state index in [1.54, 1.807) is 17.7 Å². The van der Waals surface area contributed by atoms with E-state index in [1.807, 2.05) is 4.90 Å². The number of hydrogen-bond donors (Lipinski definition) is 1. The first-order valence-corrected chi connectivity index (χ1v) is 12.8. The maximum absolute atomic E-state index is 13.1. The number of amides is 1. The summed E-state index contributed by atoms with van der Waals surface area (Å²) in [4.78, 5) is 28.4. The molecule has 1 aliphatic carbocycles. The SMILES string of the molecule is C[C@@H]1CCc2c(sc3ncnc(N4CCN(CC(=O)Nc5ccc(Cl)c(C(F)(F)F)c5)CC4)c23)C1. The number of aryl methyl sites for hydroxylation is 1. The second-order valence-electron chi connectivity index (χ2n) is 9.23. The molecule has 35 heavy (non-hydrogen) atoms. The van der Waals surface area contributed by atoms with Crippen molar-refractivity contribution < 1.29 is 18.0 Å². The number of nitrogens with one attached hydrogen (secondary N) is 1. The average molecular weight is 524 g/mol. The number of halogens is 4. The Kier molecular flexibility index (Phi) is 6.63. The number of rotatable bonds is 4. The third kappa shape index (κ3) is 5.10. The molecule has 1 N–H and O–H groups in total. The Morgan fingerprint density at radius 1 is 1.23 bits per heavy atom. The van der Waals surface area contributed by atoms with Crippen LogP contribution in [0.25, 0.3) is 10.2 Å². The fraction of sp³-hybridized carbons (Fsp3) is 0.458. The minimum atomic E-state index is -4.58. The maximum atomic E-state index is 13.1. The summed E-state index contributed by atoms with van der Waals surface area (Å²) in [7, 11) is 0. The molecule has 1 aliphatic heterocycles. The topological polar surface area (TPSA) is 61.4 Å². The van der Waals surface area contributed by atoms with Crippen molar-refractivity contribution in [3.05, 3.63) is 45.6 Å². The quantitative estimate of drug-likeness (QED) is 0.506. The van der Waals surface area contributed by atoms with E-state index in [-0.39, 0.29) is 18.1 Å². The summed E-state index contributed by atoms with van der Waals surface area (Å²) in [6.45, 7) is 5.10. The molecule has 0 saturated carbocycles. The third-order valence-corrected chi connectivity index (χ3v) is 8.16. The van der Waals surface area contributed by atoms with Crippen LogP contribution in [-0.4, -0.2) is 53.5 Å². The molecular formula is C24H25ClF3N5OS. The highest BCUT2D eigenvalue weighted by atomic mass is 35.5. The largest absolute Gasteiger partial charge is 0.417 e. The summed E-state index contributed by atoms with van der Waals surface area (Å²) < 4.78 is 39.3. The molecule has 3 aromatic rings. The highest BCUT2D eigenvalue weighted by Crippen LogP contribution is 2.41. The van der Waals surface area contributed by atoms with Crippen LogP contribution in [0.2, 0.25) is 5.02 Å². The lowest BCUT2D eigenvalue weighted by atomic mass is 9.89. The van der Waals surface area contributed by atoms with Gasteiger partial charge in [-0.3, -0.25) is 9.69 Å². The van der Waals surface area contributed by atoms with Crippen molar-refractivity contribution in [2.75, 3.05) is 42.9 Å². The summed E-state index contributed by atoms with van der Waals surface area (Å²) >= 11 is 7.43. The number of anilines is 2. The van der Waals surface area contributed by atoms with Gasteiger partial charge in [-0.2, -0.15) is 13.2 Å². The lowest BCUT2D eigenvalue weighted by molar-refractivity contribution is -0.137. The van der Waals surface area contributed by atoms with Gasteiger partial charge in [-0.05, 0) is 48.9 Å². The summed E-state index contributed by atoms with van der Waals surface area (Å²) in [5, 5.41) is 3.34. The first-order valence-electron chi connectivity index (χ1n) is 11.6. The van der Waals surface area contributed by atoms with Gasteiger partial charge in [-0.15, -0.1) is 11.3 Å². The van der Waals surface area contributed by atoms with Crippen LogP contribution < -0.4 is 10.2 Å². The molecule has 0 spiro atoms. The van der Waals surface area contributed by atoms with Crippen LogP contribution in [0, 0.1) is 5.92 Å². The first kappa shape index (κ1) is 24.3. The predicted octanol–water partition coefficient (Wildman–Crippen LogP) is 5.25. The predicted molar refractivity (Wildman–Crippen MR) is 132 cm³/mol. The Morgan fingerprint density at radius 3 is 2.74 bits per heavy atom. The van der Waals surface area contributed by atoms with Crippen LogP contribution in [0.1, 0.15) is 29.3 Å². The zero-order valence-electron chi connectivity index (χ0n) is 19.2. The molecule has 0 radical (unpaired) electrons. The number of piperazine rings is 1. The van der Waals surface area contributed by atoms with Gasteiger partial charge in [-0.1, -0.05) is 18.5 Å². The molecule has 1 aromatic carbocycles. The summed E-state index contributed by atoms with van der Waals surface area (Å²) in [6, 6.07) is 3.38. The smallest absolute Gasteiger partial charge is 0.353 e. The molecule has 2 aromatic heterocycles. The van der Waals surface area contributed by atoms with Gasteiger partial charge in [0.2, 0.25) is 5.91 Å². The third-order valence-electron chi connectivity index (χ3n) is 6.67. The van der Waals surface area contributed by atoms with Crippen molar-refractivity contribution in [2.45, 2.75) is 32.4 Å². The van der Waals surface area contributed by atoms with E-state index in [0.717, 1.165) is 35.6 Å². The Hall–Kier alpha value is -2.43. The lowest BCUT2D eigenvalue weighted by Gasteiger charge is -2.35. The van der Waals surface area contributed by atoms with Crippen LogP contribution in [0.5, 0.6) is 0 Å². The second kappa shape index (κ2) is 9.55. The maximum Gasteiger partial charge on any atom is 0.417 e. The summed E-state index contributed by atoms with van der Waals surface area (Å²) in [5.41, 5.74) is 0.499. The van der Waals surface area contributed by atoms with Crippen LogP contribution in [0.3, 0.4) is 0 Å². The van der Waals surface area contributed by atoms with Crippen LogP contribution in [-0.2, 0) is 23.8 Å². The normalized spacial score (nSPS) is 19.1. The number of carbonyl (C=O) groups is 1. The number of hydrogen-bond acceptors (Lipinski definition) is 6. The van der Waals surface area contributed by atoms with Crippen molar-refractivity contribution in [3.63, 3.8) is 0 Å². The highest BCUT2D eigenvalue weighted by molar-refractivity contribution is 7.19. The van der Waals surface area contributed by atoms with Gasteiger partial charge in [-0.25, -0.2) is 9.97 Å². The molecule has 1 fully saturated rings. The van der Waals surface area contributed by atoms with E-state index >= 15 is 0 Å². The van der Waals surface area contributed by atoms with Gasteiger partial charge in [0.15, 0.2) is 0 Å². The van der Waals surface area contributed by atoms with E-state index in [0.29, 0.717) is 32.1 Å². The van der Waals surface area contributed by atoms with E-state index in [9.17, 15) is 18.0 Å². The molecule has 5 rings (SSSR count). The molecular weight excluding hydrogens is 499 g/mol. The fourth-order valence-corrected chi connectivity index (χ4v) is 6.41. The molecule has 1 atom stereocenters. The molecule has 3 heterocycles.